The van der Waals surface area contributed by atoms with Crippen molar-refractivity contribution in [2.75, 3.05) is 39.2 Å². The fourth-order valence-corrected chi connectivity index (χ4v) is 4.37. The Kier molecular flexibility index (Phi) is 5.76. The van der Waals surface area contributed by atoms with Crippen LogP contribution in [0, 0.1) is 5.82 Å². The van der Waals surface area contributed by atoms with Gasteiger partial charge in [0.2, 0.25) is 11.8 Å². The highest BCUT2D eigenvalue weighted by Crippen LogP contribution is 2.35. The summed E-state index contributed by atoms with van der Waals surface area (Å²) in [6.45, 7) is 2.14. The molecule has 1 saturated heterocycles. The zero-order chi connectivity index (χ0) is 24.0. The van der Waals surface area contributed by atoms with E-state index in [0.717, 1.165) is 6.54 Å². The van der Waals surface area contributed by atoms with E-state index in [1.54, 1.807) is 25.1 Å². The smallest absolute Gasteiger partial charge is 0.244 e. The first-order valence-electron chi connectivity index (χ1n) is 11.0. The lowest BCUT2D eigenvalue weighted by molar-refractivity contribution is 0.149. The van der Waals surface area contributed by atoms with Gasteiger partial charge < -0.3 is 15.0 Å². The maximum Gasteiger partial charge on any atom is 0.244 e. The summed E-state index contributed by atoms with van der Waals surface area (Å²) in [4.78, 5) is 6.31. The third-order valence-electron chi connectivity index (χ3n) is 6.21. The molecule has 180 valence electrons. The minimum Gasteiger partial charge on any atom is -0.479 e. The van der Waals surface area contributed by atoms with Crippen LogP contribution in [0.3, 0.4) is 0 Å². The van der Waals surface area contributed by atoms with Gasteiger partial charge in [-0.2, -0.15) is 4.98 Å². The van der Waals surface area contributed by atoms with Crippen molar-refractivity contribution in [3.05, 3.63) is 30.2 Å². The molecule has 1 aliphatic rings. The molecule has 0 unspecified atom stereocenters. The second-order valence-corrected chi connectivity index (χ2v) is 8.65. The van der Waals surface area contributed by atoms with Crippen LogP contribution in [0.5, 0.6) is 5.88 Å². The van der Waals surface area contributed by atoms with Crippen LogP contribution >= 0.6 is 0 Å². The standard InChI is InChI=1S/C22H25F3N8O/c1-12(9-23)33-18-8-13(4-5-17(18)28-30-33)19-15(25)11-32-20(19)21(34-3)27-22(29-32)26-16-6-7-31(2)10-14(16)24/h4-5,8,11-12,14,16H,6-7,9-10H2,1-3H3,(H,26,29)/t12-,14-,16+/m1/s1. The van der Waals surface area contributed by atoms with Gasteiger partial charge in [0.15, 0.2) is 5.82 Å². The van der Waals surface area contributed by atoms with Crippen LogP contribution in [-0.4, -0.2) is 80.6 Å². The Morgan fingerprint density at radius 3 is 2.88 bits per heavy atom. The molecule has 0 bridgehead atoms. The van der Waals surface area contributed by atoms with Gasteiger partial charge in [-0.15, -0.1) is 10.2 Å². The van der Waals surface area contributed by atoms with E-state index in [1.165, 1.54) is 22.5 Å². The van der Waals surface area contributed by atoms with Gasteiger partial charge in [-0.05, 0) is 38.1 Å². The largest absolute Gasteiger partial charge is 0.479 e. The minimum absolute atomic E-state index is 0.142. The highest BCUT2D eigenvalue weighted by Gasteiger charge is 2.29. The van der Waals surface area contributed by atoms with Gasteiger partial charge in [0.05, 0.1) is 36.5 Å². The number of nitrogens with one attached hydrogen (secondary N) is 1. The Hall–Kier alpha value is -3.41. The van der Waals surface area contributed by atoms with Gasteiger partial charge in [0, 0.05) is 13.1 Å². The summed E-state index contributed by atoms with van der Waals surface area (Å²) >= 11 is 0. The van der Waals surface area contributed by atoms with Gasteiger partial charge in [0.25, 0.3) is 0 Å². The predicted octanol–water partition coefficient (Wildman–Crippen LogP) is 3.27. The molecule has 5 rings (SSSR count). The third-order valence-corrected chi connectivity index (χ3v) is 6.21. The van der Waals surface area contributed by atoms with Gasteiger partial charge in [-0.3, -0.25) is 0 Å². The Balaban J connectivity index is 1.57. The number of aromatic nitrogens is 6. The van der Waals surface area contributed by atoms with E-state index in [-0.39, 0.29) is 17.4 Å². The van der Waals surface area contributed by atoms with E-state index in [9.17, 15) is 8.78 Å². The molecule has 0 radical (unpaired) electrons. The molecule has 0 spiro atoms. The van der Waals surface area contributed by atoms with Crippen LogP contribution < -0.4 is 10.1 Å². The first-order chi connectivity index (χ1) is 16.4. The Bertz CT molecular complexity index is 1340. The fraction of sp³-hybridized carbons (Fsp3) is 0.455. The van der Waals surface area contributed by atoms with Crippen molar-refractivity contribution in [3.8, 4) is 17.0 Å². The number of hydrogen-bond acceptors (Lipinski definition) is 7. The van der Waals surface area contributed by atoms with E-state index in [2.05, 4.69) is 25.7 Å². The van der Waals surface area contributed by atoms with Crippen molar-refractivity contribution in [1.82, 2.24) is 34.5 Å². The number of nitrogens with zero attached hydrogens (tertiary/aromatic N) is 7. The van der Waals surface area contributed by atoms with Gasteiger partial charge in [-0.1, -0.05) is 11.3 Å². The van der Waals surface area contributed by atoms with E-state index in [4.69, 9.17) is 4.74 Å². The second kappa shape index (κ2) is 8.75. The van der Waals surface area contributed by atoms with E-state index < -0.39 is 30.7 Å². The second-order valence-electron chi connectivity index (χ2n) is 8.65. The SMILES string of the molecule is COc1nc(N[C@H]2CCN(C)C[C@H]2F)nn2cc(F)c(-c3ccc4nnn([C@H](C)CF)c4c3)c12. The molecule has 1 N–H and O–H groups in total. The van der Waals surface area contributed by atoms with Crippen molar-refractivity contribution < 1.29 is 17.9 Å². The quantitative estimate of drug-likeness (QED) is 0.459. The molecule has 9 nitrogen and oxygen atoms in total. The number of hydrogen-bond donors (Lipinski definition) is 1. The summed E-state index contributed by atoms with van der Waals surface area (Å²) in [6.07, 6.45) is 0.731. The van der Waals surface area contributed by atoms with Gasteiger partial charge in [0.1, 0.15) is 23.9 Å². The zero-order valence-corrected chi connectivity index (χ0v) is 19.0. The lowest BCUT2D eigenvalue weighted by Gasteiger charge is -2.32. The number of halogens is 3. The molecular formula is C22H25F3N8O. The topological polar surface area (TPSA) is 85.4 Å². The lowest BCUT2D eigenvalue weighted by Crippen LogP contribution is -2.46. The Labute approximate surface area is 193 Å². The first kappa shape index (κ1) is 22.4. The van der Waals surface area contributed by atoms with Crippen molar-refractivity contribution in [2.24, 2.45) is 0 Å². The van der Waals surface area contributed by atoms with Crippen LogP contribution in [-0.2, 0) is 0 Å². The highest BCUT2D eigenvalue weighted by atomic mass is 19.1. The maximum absolute atomic E-state index is 15.2. The van der Waals surface area contributed by atoms with Crippen LogP contribution in [0.4, 0.5) is 19.1 Å². The van der Waals surface area contributed by atoms with Crippen LogP contribution in [0.2, 0.25) is 0 Å². The van der Waals surface area contributed by atoms with Crippen LogP contribution in [0.15, 0.2) is 24.4 Å². The van der Waals surface area contributed by atoms with E-state index >= 15 is 4.39 Å². The molecule has 4 aromatic rings. The number of benzene rings is 1. The molecule has 1 fully saturated rings. The molecule has 34 heavy (non-hydrogen) atoms. The van der Waals surface area contributed by atoms with Crippen molar-refractivity contribution in [3.63, 3.8) is 0 Å². The summed E-state index contributed by atoms with van der Waals surface area (Å²) in [6, 6.07) is 4.15. The maximum atomic E-state index is 15.2. The monoisotopic (exact) mass is 474 g/mol. The van der Waals surface area contributed by atoms with Crippen molar-refractivity contribution in [1.29, 1.82) is 0 Å². The van der Waals surface area contributed by atoms with Gasteiger partial charge in [-0.25, -0.2) is 22.4 Å². The summed E-state index contributed by atoms with van der Waals surface area (Å²) in [5.41, 5.74) is 2.22. The number of anilines is 1. The van der Waals surface area contributed by atoms with E-state index in [0.29, 0.717) is 35.1 Å². The van der Waals surface area contributed by atoms with Crippen LogP contribution in [0.1, 0.15) is 19.4 Å². The fourth-order valence-electron chi connectivity index (χ4n) is 4.37. The minimum atomic E-state index is -1.09. The molecule has 0 amide bonds. The summed E-state index contributed by atoms with van der Waals surface area (Å²) < 4.78 is 51.3. The first-order valence-corrected chi connectivity index (χ1v) is 11.0. The number of fused-ring (bicyclic) bond motifs is 2. The molecule has 3 atom stereocenters. The number of rotatable bonds is 6. The molecule has 1 aromatic carbocycles. The Morgan fingerprint density at radius 2 is 2.15 bits per heavy atom. The number of likely N-dealkylation sites (tertiary alicyclic amines) is 1. The number of alkyl halides is 2. The molecule has 12 heteroatoms. The summed E-state index contributed by atoms with van der Waals surface area (Å²) in [7, 11) is 3.30. The number of piperidine rings is 1. The van der Waals surface area contributed by atoms with Crippen molar-refractivity contribution in [2.45, 2.75) is 31.6 Å². The molecule has 0 aliphatic carbocycles. The molecule has 0 saturated carbocycles. The molecule has 1 aliphatic heterocycles. The number of methoxy groups -OCH3 is 1. The predicted molar refractivity (Wildman–Crippen MR) is 121 cm³/mol. The van der Waals surface area contributed by atoms with Crippen LogP contribution in [0.25, 0.3) is 27.7 Å². The normalized spacial score (nSPS) is 20.2. The summed E-state index contributed by atoms with van der Waals surface area (Å²) in [5, 5.41) is 15.5. The number of ether oxygens (including phenoxy) is 1. The third kappa shape index (κ3) is 3.81. The highest BCUT2D eigenvalue weighted by molar-refractivity contribution is 5.89. The summed E-state index contributed by atoms with van der Waals surface area (Å²) in [5.74, 6) is -0.245. The molecular weight excluding hydrogens is 449 g/mol. The van der Waals surface area contributed by atoms with Gasteiger partial charge >= 0.3 is 0 Å². The molecule has 3 aromatic heterocycles. The van der Waals surface area contributed by atoms with E-state index in [1.807, 2.05) is 11.9 Å². The Morgan fingerprint density at radius 1 is 1.32 bits per heavy atom. The lowest BCUT2D eigenvalue weighted by atomic mass is 10.0. The van der Waals surface area contributed by atoms with Crippen molar-refractivity contribution >= 4 is 22.5 Å². The average Bonchev–Trinajstić information content (AvgIpc) is 3.39. The zero-order valence-electron chi connectivity index (χ0n) is 19.0. The molecule has 4 heterocycles. The average molecular weight is 474 g/mol.